The van der Waals surface area contributed by atoms with Crippen LogP contribution >= 0.6 is 0 Å². The maximum Gasteiger partial charge on any atom is 0.267 e. The molecule has 2 N–H and O–H groups in total. The number of nitrogens with one attached hydrogen (secondary N) is 2. The van der Waals surface area contributed by atoms with Crippen LogP contribution in [-0.2, 0) is 22.9 Å². The van der Waals surface area contributed by atoms with Crippen LogP contribution in [0.3, 0.4) is 0 Å². The smallest absolute Gasteiger partial charge is 0.267 e. The van der Waals surface area contributed by atoms with E-state index >= 15 is 0 Å². The Morgan fingerprint density at radius 1 is 0.941 bits per heavy atom. The molecule has 0 spiro atoms. The lowest BCUT2D eigenvalue weighted by molar-refractivity contribution is 0.0981. The number of amides is 1. The van der Waals surface area contributed by atoms with Gasteiger partial charge in [0.2, 0.25) is 10.0 Å². The number of hydrogen-bond acceptors (Lipinski definition) is 5. The average molecular weight is 472 g/mol. The standard InChI is InChI=1S/C27H25N3O3S/c1-17-25(27(31)30-34(2,32)33)26(18-8-4-3-5-9-18)23-16-21(12-13-24(23)28-17)29-22-14-19-10-6-7-11-20(19)15-22/h3-13,16,22,29H,14-15H2,1-2H3,(H,30,31). The highest BCUT2D eigenvalue weighted by atomic mass is 32.2. The second-order valence-electron chi connectivity index (χ2n) is 8.77. The van der Waals surface area contributed by atoms with E-state index in [0.29, 0.717) is 11.3 Å². The Labute approximate surface area is 199 Å². The molecule has 5 rings (SSSR count). The number of nitrogens with zero attached hydrogens (tertiary/aromatic N) is 1. The largest absolute Gasteiger partial charge is 0.382 e. The van der Waals surface area contributed by atoms with Crippen LogP contribution in [0.5, 0.6) is 0 Å². The van der Waals surface area contributed by atoms with Crippen LogP contribution in [0, 0.1) is 6.92 Å². The number of hydrogen-bond donors (Lipinski definition) is 2. The maximum atomic E-state index is 13.1. The minimum Gasteiger partial charge on any atom is -0.382 e. The Morgan fingerprint density at radius 2 is 1.59 bits per heavy atom. The first kappa shape index (κ1) is 22.1. The zero-order valence-corrected chi connectivity index (χ0v) is 19.8. The molecule has 3 aromatic carbocycles. The fourth-order valence-corrected chi connectivity index (χ4v) is 5.21. The number of benzene rings is 3. The van der Waals surface area contributed by atoms with Gasteiger partial charge in [-0.15, -0.1) is 0 Å². The minimum atomic E-state index is -3.73. The van der Waals surface area contributed by atoms with E-state index in [-0.39, 0.29) is 11.6 Å². The van der Waals surface area contributed by atoms with Gasteiger partial charge in [0.05, 0.1) is 23.0 Å². The van der Waals surface area contributed by atoms with Crippen LogP contribution in [-0.4, -0.2) is 31.6 Å². The van der Waals surface area contributed by atoms with Crippen molar-refractivity contribution in [3.8, 4) is 11.1 Å². The van der Waals surface area contributed by atoms with Crippen LogP contribution in [0.15, 0.2) is 72.8 Å². The van der Waals surface area contributed by atoms with E-state index in [1.807, 2.05) is 48.5 Å². The van der Waals surface area contributed by atoms with E-state index in [9.17, 15) is 13.2 Å². The first-order valence-corrected chi connectivity index (χ1v) is 13.0. The third-order valence-corrected chi connectivity index (χ3v) is 6.71. The third kappa shape index (κ3) is 4.39. The normalized spacial score (nSPS) is 13.6. The number of anilines is 1. The van der Waals surface area contributed by atoms with Crippen molar-refractivity contribution >= 4 is 32.5 Å². The number of aryl methyl sites for hydroxylation is 1. The average Bonchev–Trinajstić information content (AvgIpc) is 3.20. The number of rotatable bonds is 5. The van der Waals surface area contributed by atoms with Gasteiger partial charge in [-0.25, -0.2) is 13.1 Å². The Kier molecular flexibility index (Phi) is 5.57. The number of pyridine rings is 1. The van der Waals surface area contributed by atoms with Crippen molar-refractivity contribution in [1.82, 2.24) is 9.71 Å². The van der Waals surface area contributed by atoms with E-state index in [0.717, 1.165) is 41.3 Å². The summed E-state index contributed by atoms with van der Waals surface area (Å²) in [4.78, 5) is 17.7. The van der Waals surface area contributed by atoms with E-state index < -0.39 is 15.9 Å². The highest BCUT2D eigenvalue weighted by molar-refractivity contribution is 7.89. The lowest BCUT2D eigenvalue weighted by Gasteiger charge is -2.18. The topological polar surface area (TPSA) is 88.2 Å². The van der Waals surface area contributed by atoms with Crippen LogP contribution < -0.4 is 10.0 Å². The van der Waals surface area contributed by atoms with E-state index in [1.165, 1.54) is 11.1 Å². The molecule has 0 unspecified atom stereocenters. The van der Waals surface area contributed by atoms with Crippen LogP contribution in [0.2, 0.25) is 0 Å². The van der Waals surface area contributed by atoms with Gasteiger partial charge in [-0.2, -0.15) is 0 Å². The molecule has 4 aromatic rings. The second kappa shape index (κ2) is 8.57. The molecule has 0 radical (unpaired) electrons. The molecule has 34 heavy (non-hydrogen) atoms. The van der Waals surface area contributed by atoms with Crippen LogP contribution in [0.1, 0.15) is 27.2 Å². The van der Waals surface area contributed by atoms with Crippen molar-refractivity contribution in [3.05, 3.63) is 95.2 Å². The van der Waals surface area contributed by atoms with E-state index in [1.54, 1.807) is 6.92 Å². The second-order valence-corrected chi connectivity index (χ2v) is 10.5. The molecule has 6 nitrogen and oxygen atoms in total. The van der Waals surface area contributed by atoms with Gasteiger partial charge in [0.25, 0.3) is 5.91 Å². The summed E-state index contributed by atoms with van der Waals surface area (Å²) in [7, 11) is -3.73. The molecule has 0 aliphatic heterocycles. The summed E-state index contributed by atoms with van der Waals surface area (Å²) >= 11 is 0. The van der Waals surface area contributed by atoms with Crippen molar-refractivity contribution in [2.45, 2.75) is 25.8 Å². The first-order chi connectivity index (χ1) is 16.3. The molecule has 0 atom stereocenters. The van der Waals surface area contributed by atoms with Gasteiger partial charge in [-0.3, -0.25) is 9.78 Å². The monoisotopic (exact) mass is 471 g/mol. The Morgan fingerprint density at radius 3 is 2.24 bits per heavy atom. The van der Waals surface area contributed by atoms with E-state index in [4.69, 9.17) is 0 Å². The summed E-state index contributed by atoms with van der Waals surface area (Å²) in [6.45, 7) is 1.73. The van der Waals surface area contributed by atoms with Crippen molar-refractivity contribution < 1.29 is 13.2 Å². The summed E-state index contributed by atoms with van der Waals surface area (Å²) in [5, 5.41) is 4.42. The molecule has 0 bridgehead atoms. The quantitative estimate of drug-likeness (QED) is 0.448. The van der Waals surface area contributed by atoms with Gasteiger partial charge in [0, 0.05) is 22.7 Å². The predicted molar refractivity (Wildman–Crippen MR) is 135 cm³/mol. The van der Waals surface area contributed by atoms with Crippen LogP contribution in [0.4, 0.5) is 5.69 Å². The minimum absolute atomic E-state index is 0.259. The Balaban J connectivity index is 1.61. The summed E-state index contributed by atoms with van der Waals surface area (Å²) < 4.78 is 25.7. The van der Waals surface area contributed by atoms with Gasteiger partial charge < -0.3 is 5.32 Å². The molecule has 1 amide bonds. The third-order valence-electron chi connectivity index (χ3n) is 6.16. The summed E-state index contributed by atoms with van der Waals surface area (Å²) in [5.41, 5.74) is 6.62. The number of sulfonamides is 1. The fourth-order valence-electron chi connectivity index (χ4n) is 4.77. The van der Waals surface area contributed by atoms with Gasteiger partial charge in [0.15, 0.2) is 0 Å². The van der Waals surface area contributed by atoms with Gasteiger partial charge in [-0.1, -0.05) is 54.6 Å². The molecule has 1 heterocycles. The van der Waals surface area contributed by atoms with Crippen molar-refractivity contribution in [1.29, 1.82) is 0 Å². The van der Waals surface area contributed by atoms with Crippen molar-refractivity contribution in [2.24, 2.45) is 0 Å². The van der Waals surface area contributed by atoms with Gasteiger partial charge in [-0.05, 0) is 54.7 Å². The molecular formula is C27H25N3O3S. The molecule has 0 saturated carbocycles. The van der Waals surface area contributed by atoms with Crippen LogP contribution in [0.25, 0.3) is 22.0 Å². The summed E-state index contributed by atoms with van der Waals surface area (Å²) in [6, 6.07) is 24.2. The Hall–Kier alpha value is -3.71. The summed E-state index contributed by atoms with van der Waals surface area (Å²) in [5.74, 6) is -0.683. The predicted octanol–water partition coefficient (Wildman–Crippen LogP) is 4.48. The molecule has 172 valence electrons. The van der Waals surface area contributed by atoms with E-state index in [2.05, 4.69) is 39.3 Å². The highest BCUT2D eigenvalue weighted by Crippen LogP contribution is 2.35. The van der Waals surface area contributed by atoms with Gasteiger partial charge >= 0.3 is 0 Å². The zero-order chi connectivity index (χ0) is 23.9. The number of aromatic nitrogens is 1. The summed E-state index contributed by atoms with van der Waals surface area (Å²) in [6.07, 6.45) is 2.88. The zero-order valence-electron chi connectivity index (χ0n) is 19.0. The fraction of sp³-hybridized carbons (Fsp3) is 0.185. The van der Waals surface area contributed by atoms with Gasteiger partial charge in [0.1, 0.15) is 0 Å². The molecular weight excluding hydrogens is 446 g/mol. The number of carbonyl (C=O) groups is 1. The molecule has 7 heteroatoms. The maximum absolute atomic E-state index is 13.1. The molecule has 0 fully saturated rings. The first-order valence-electron chi connectivity index (χ1n) is 11.1. The lowest BCUT2D eigenvalue weighted by Crippen LogP contribution is -2.30. The SMILES string of the molecule is Cc1nc2ccc(NC3Cc4ccccc4C3)cc2c(-c2ccccc2)c1C(=O)NS(C)(=O)=O. The lowest BCUT2D eigenvalue weighted by atomic mass is 9.93. The van der Waals surface area contributed by atoms with Crippen molar-refractivity contribution in [2.75, 3.05) is 11.6 Å². The molecule has 1 aliphatic carbocycles. The number of carbonyl (C=O) groups excluding carboxylic acids is 1. The Bertz CT molecular complexity index is 1490. The highest BCUT2D eigenvalue weighted by Gasteiger charge is 2.24. The molecule has 1 aliphatic rings. The van der Waals surface area contributed by atoms with Crippen molar-refractivity contribution in [3.63, 3.8) is 0 Å². The number of fused-ring (bicyclic) bond motifs is 2. The molecule has 0 saturated heterocycles. The molecule has 1 aromatic heterocycles.